The van der Waals surface area contributed by atoms with Crippen molar-refractivity contribution in [1.29, 1.82) is 0 Å². The first-order chi connectivity index (χ1) is 9.50. The molecule has 0 saturated heterocycles. The molecule has 0 aromatic heterocycles. The Hall–Kier alpha value is -0.620. The van der Waals surface area contributed by atoms with E-state index in [0.717, 1.165) is 24.0 Å². The Kier molecular flexibility index (Phi) is 5.07. The number of nitrogens with zero attached hydrogens (tertiary/aromatic N) is 1. The van der Waals surface area contributed by atoms with Gasteiger partial charge in [-0.2, -0.15) is 4.31 Å². The Morgan fingerprint density at radius 3 is 2.65 bits per heavy atom. The number of alkyl halides is 1. The van der Waals surface area contributed by atoms with Crippen LogP contribution >= 0.6 is 11.6 Å². The summed E-state index contributed by atoms with van der Waals surface area (Å²) in [5.41, 5.74) is 1.86. The van der Waals surface area contributed by atoms with Crippen molar-refractivity contribution in [1.82, 2.24) is 4.31 Å². The molecule has 1 aliphatic rings. The van der Waals surface area contributed by atoms with Crippen LogP contribution in [0.25, 0.3) is 0 Å². The van der Waals surface area contributed by atoms with Crippen LogP contribution in [-0.4, -0.2) is 39.0 Å². The number of hydrogen-bond acceptors (Lipinski definition) is 3. The molecule has 0 radical (unpaired) electrons. The minimum atomic E-state index is -3.46. The summed E-state index contributed by atoms with van der Waals surface area (Å²) >= 11 is 5.86. The third-order valence-corrected chi connectivity index (χ3v) is 5.78. The second kappa shape index (κ2) is 6.43. The van der Waals surface area contributed by atoms with E-state index < -0.39 is 10.0 Å². The van der Waals surface area contributed by atoms with Crippen molar-refractivity contribution < 1.29 is 13.2 Å². The number of benzene rings is 1. The van der Waals surface area contributed by atoms with Gasteiger partial charge in [0.05, 0.1) is 11.5 Å². The zero-order valence-electron chi connectivity index (χ0n) is 11.8. The summed E-state index contributed by atoms with van der Waals surface area (Å²) in [7, 11) is -1.89. The molecule has 0 bridgehead atoms. The number of aryl methyl sites for hydroxylation is 1. The molecule has 0 N–H and O–H groups in total. The molecule has 20 heavy (non-hydrogen) atoms. The Bertz CT molecular complexity index is 570. The van der Waals surface area contributed by atoms with Gasteiger partial charge >= 0.3 is 0 Å². The van der Waals surface area contributed by atoms with Crippen molar-refractivity contribution in [2.45, 2.75) is 36.6 Å². The molecule has 1 aliphatic carbocycles. The lowest BCUT2D eigenvalue weighted by molar-refractivity contribution is 0.177. The van der Waals surface area contributed by atoms with Crippen LogP contribution in [0.5, 0.6) is 0 Å². The minimum absolute atomic E-state index is 0.121. The van der Waals surface area contributed by atoms with Crippen LogP contribution in [0.2, 0.25) is 0 Å². The summed E-state index contributed by atoms with van der Waals surface area (Å²) in [6.07, 6.45) is 1.86. The number of hydrogen-bond donors (Lipinski definition) is 0. The van der Waals surface area contributed by atoms with Gasteiger partial charge in [-0.25, -0.2) is 8.42 Å². The van der Waals surface area contributed by atoms with Crippen molar-refractivity contribution in [3.8, 4) is 0 Å². The van der Waals surface area contributed by atoms with Gasteiger partial charge in [-0.05, 0) is 43.0 Å². The van der Waals surface area contributed by atoms with Gasteiger partial charge in [0.2, 0.25) is 10.0 Å². The summed E-state index contributed by atoms with van der Waals surface area (Å²) in [5, 5.41) is 0. The molecular formula is C14H20ClNO3S. The van der Waals surface area contributed by atoms with Crippen molar-refractivity contribution >= 4 is 21.6 Å². The van der Waals surface area contributed by atoms with Gasteiger partial charge in [0, 0.05) is 25.6 Å². The molecule has 0 spiro atoms. The maximum atomic E-state index is 12.7. The lowest BCUT2D eigenvalue weighted by Crippen LogP contribution is -2.35. The molecule has 1 aromatic rings. The van der Waals surface area contributed by atoms with Gasteiger partial charge in [0.15, 0.2) is 0 Å². The maximum absolute atomic E-state index is 12.7. The first-order valence-corrected chi connectivity index (χ1v) is 8.64. The third kappa shape index (κ3) is 3.34. The predicted molar refractivity (Wildman–Crippen MR) is 79.5 cm³/mol. The van der Waals surface area contributed by atoms with Crippen LogP contribution in [0, 0.1) is 6.92 Å². The standard InChI is InChI=1S/C14H20ClNO3S/c1-11-3-6-14(9-12(11)10-15)20(17,18)16(7-8-19-2)13-4-5-13/h3,6,9,13H,4-5,7-8,10H2,1-2H3. The zero-order valence-corrected chi connectivity index (χ0v) is 13.4. The largest absolute Gasteiger partial charge is 0.383 e. The lowest BCUT2D eigenvalue weighted by Gasteiger charge is -2.22. The van der Waals surface area contributed by atoms with E-state index >= 15 is 0 Å². The van der Waals surface area contributed by atoms with E-state index in [1.54, 1.807) is 23.5 Å². The summed E-state index contributed by atoms with van der Waals surface area (Å²) in [6, 6.07) is 5.27. The van der Waals surface area contributed by atoms with Gasteiger partial charge in [-0.1, -0.05) is 6.07 Å². The first-order valence-electron chi connectivity index (χ1n) is 6.67. The smallest absolute Gasteiger partial charge is 0.243 e. The summed E-state index contributed by atoms with van der Waals surface area (Å²) in [5.74, 6) is 0.316. The molecule has 1 fully saturated rings. The molecule has 0 heterocycles. The molecule has 1 aromatic carbocycles. The van der Waals surface area contributed by atoms with Crippen LogP contribution in [0.15, 0.2) is 23.1 Å². The van der Waals surface area contributed by atoms with E-state index in [-0.39, 0.29) is 6.04 Å². The third-order valence-electron chi connectivity index (χ3n) is 3.54. The van der Waals surface area contributed by atoms with E-state index in [1.807, 2.05) is 13.0 Å². The quantitative estimate of drug-likeness (QED) is 0.726. The van der Waals surface area contributed by atoms with E-state index in [4.69, 9.17) is 16.3 Å². The molecule has 0 amide bonds. The number of sulfonamides is 1. The van der Waals surface area contributed by atoms with E-state index in [9.17, 15) is 8.42 Å². The molecule has 0 aliphatic heterocycles. The van der Waals surface area contributed by atoms with Crippen LogP contribution in [0.1, 0.15) is 24.0 Å². The molecule has 0 unspecified atom stereocenters. The molecule has 0 atom stereocenters. The highest BCUT2D eigenvalue weighted by Crippen LogP contribution is 2.32. The van der Waals surface area contributed by atoms with Crippen molar-refractivity contribution in [2.24, 2.45) is 0 Å². The molecule has 2 rings (SSSR count). The first kappa shape index (κ1) is 15.8. The van der Waals surface area contributed by atoms with Crippen LogP contribution < -0.4 is 0 Å². The topological polar surface area (TPSA) is 46.6 Å². The van der Waals surface area contributed by atoms with Crippen LogP contribution in [0.3, 0.4) is 0 Å². The Labute approximate surface area is 125 Å². The van der Waals surface area contributed by atoms with Gasteiger partial charge in [-0.15, -0.1) is 11.6 Å². The second-order valence-corrected chi connectivity index (χ2v) is 7.22. The highest BCUT2D eigenvalue weighted by atomic mass is 35.5. The minimum Gasteiger partial charge on any atom is -0.383 e. The fraction of sp³-hybridized carbons (Fsp3) is 0.571. The fourth-order valence-corrected chi connectivity index (χ4v) is 4.14. The summed E-state index contributed by atoms with van der Waals surface area (Å²) in [6.45, 7) is 2.73. The molecule has 4 nitrogen and oxygen atoms in total. The monoisotopic (exact) mass is 317 g/mol. The zero-order chi connectivity index (χ0) is 14.8. The fourth-order valence-electron chi connectivity index (χ4n) is 2.13. The Morgan fingerprint density at radius 1 is 1.40 bits per heavy atom. The number of rotatable bonds is 7. The highest BCUT2D eigenvalue weighted by Gasteiger charge is 2.37. The Balaban J connectivity index is 2.32. The average Bonchev–Trinajstić information content (AvgIpc) is 3.24. The summed E-state index contributed by atoms with van der Waals surface area (Å²) in [4.78, 5) is 0.321. The second-order valence-electron chi connectivity index (χ2n) is 5.06. The predicted octanol–water partition coefficient (Wildman–Crippen LogP) is 2.53. The van der Waals surface area contributed by atoms with Crippen LogP contribution in [-0.2, 0) is 20.6 Å². The van der Waals surface area contributed by atoms with Crippen LogP contribution in [0.4, 0.5) is 0 Å². The molecule has 1 saturated carbocycles. The Morgan fingerprint density at radius 2 is 2.10 bits per heavy atom. The van der Waals surface area contributed by atoms with E-state index in [2.05, 4.69) is 0 Å². The molecular weight excluding hydrogens is 298 g/mol. The van der Waals surface area contributed by atoms with Crippen molar-refractivity contribution in [3.05, 3.63) is 29.3 Å². The molecule has 6 heteroatoms. The van der Waals surface area contributed by atoms with E-state index in [1.165, 1.54) is 0 Å². The SMILES string of the molecule is COCCN(C1CC1)S(=O)(=O)c1ccc(C)c(CCl)c1. The molecule has 112 valence electrons. The van der Waals surface area contributed by atoms with Crippen molar-refractivity contribution in [2.75, 3.05) is 20.3 Å². The van der Waals surface area contributed by atoms with E-state index in [0.29, 0.717) is 23.9 Å². The summed E-state index contributed by atoms with van der Waals surface area (Å²) < 4.78 is 32.0. The van der Waals surface area contributed by atoms with Gasteiger partial charge in [0.1, 0.15) is 0 Å². The lowest BCUT2D eigenvalue weighted by atomic mass is 10.1. The van der Waals surface area contributed by atoms with Gasteiger partial charge in [-0.3, -0.25) is 0 Å². The maximum Gasteiger partial charge on any atom is 0.243 e. The average molecular weight is 318 g/mol. The number of ether oxygens (including phenoxy) is 1. The van der Waals surface area contributed by atoms with Gasteiger partial charge < -0.3 is 4.74 Å². The normalized spacial score (nSPS) is 15.8. The van der Waals surface area contributed by atoms with Gasteiger partial charge in [0.25, 0.3) is 0 Å². The number of methoxy groups -OCH3 is 1. The van der Waals surface area contributed by atoms with Crippen molar-refractivity contribution in [3.63, 3.8) is 0 Å². The highest BCUT2D eigenvalue weighted by molar-refractivity contribution is 7.89. The number of halogens is 1.